The van der Waals surface area contributed by atoms with E-state index in [-0.39, 0.29) is 20.6 Å². The molecule has 0 spiro atoms. The van der Waals surface area contributed by atoms with Gasteiger partial charge in [0.1, 0.15) is 11.4 Å². The summed E-state index contributed by atoms with van der Waals surface area (Å²) in [4.78, 5) is 11.1. The lowest BCUT2D eigenvalue weighted by Crippen LogP contribution is -2.35. The average Bonchev–Trinajstić information content (AvgIpc) is 2.48. The van der Waals surface area contributed by atoms with Gasteiger partial charge in [-0.2, -0.15) is 0 Å². The highest BCUT2D eigenvalue weighted by atomic mass is 79.9. The number of hydrogen-bond acceptors (Lipinski definition) is 3. The van der Waals surface area contributed by atoms with Crippen LogP contribution in [0.5, 0.6) is 0 Å². The van der Waals surface area contributed by atoms with Crippen molar-refractivity contribution in [2.75, 3.05) is 10.8 Å². The summed E-state index contributed by atoms with van der Waals surface area (Å²) in [5.41, 5.74) is 0.262. The third kappa shape index (κ3) is 4.19. The van der Waals surface area contributed by atoms with Crippen molar-refractivity contribution in [3.63, 3.8) is 0 Å². The van der Waals surface area contributed by atoms with Gasteiger partial charge in [0.25, 0.3) is 10.0 Å². The summed E-state index contributed by atoms with van der Waals surface area (Å²) in [7, 11) is -4.14. The van der Waals surface area contributed by atoms with Gasteiger partial charge in [-0.1, -0.05) is 35.3 Å². The van der Waals surface area contributed by atoms with Crippen molar-refractivity contribution in [2.45, 2.75) is 4.90 Å². The molecule has 0 aliphatic heterocycles. The summed E-state index contributed by atoms with van der Waals surface area (Å²) in [6.07, 6.45) is 0. The van der Waals surface area contributed by atoms with Crippen LogP contribution in [0, 0.1) is 0 Å². The van der Waals surface area contributed by atoms with E-state index in [1.165, 1.54) is 18.2 Å². The fourth-order valence-corrected chi connectivity index (χ4v) is 4.85. The molecule has 0 amide bonds. The van der Waals surface area contributed by atoms with Gasteiger partial charge in [0.15, 0.2) is 0 Å². The standard InChI is InChI=1S/C14H9BrCl3NO3S/c15-10-3-1-2-4-12(10)19(8-14(18)20)23(21,22)13-7-9(16)5-6-11(13)17/h1-7H,8H2. The SMILES string of the molecule is O=C(Cl)CN(c1ccccc1Br)S(=O)(=O)c1cc(Cl)ccc1Cl. The first-order chi connectivity index (χ1) is 10.7. The quantitative estimate of drug-likeness (QED) is 0.611. The molecule has 0 aliphatic rings. The third-order valence-corrected chi connectivity index (χ3v) is 6.12. The Morgan fingerprint density at radius 1 is 1.13 bits per heavy atom. The van der Waals surface area contributed by atoms with Crippen LogP contribution in [-0.2, 0) is 14.8 Å². The van der Waals surface area contributed by atoms with Crippen LogP contribution >= 0.6 is 50.7 Å². The third-order valence-electron chi connectivity index (χ3n) is 2.85. The molecule has 0 saturated heterocycles. The second-order valence-corrected chi connectivity index (χ2v) is 8.34. The number of sulfonamides is 1. The number of nitrogens with zero attached hydrogens (tertiary/aromatic N) is 1. The molecule has 0 radical (unpaired) electrons. The Balaban J connectivity index is 2.65. The molecule has 9 heteroatoms. The molecule has 0 unspecified atom stereocenters. The van der Waals surface area contributed by atoms with Gasteiger partial charge in [0.2, 0.25) is 5.24 Å². The number of halogens is 4. The minimum atomic E-state index is -4.14. The van der Waals surface area contributed by atoms with E-state index in [2.05, 4.69) is 15.9 Å². The summed E-state index contributed by atoms with van der Waals surface area (Å²) in [5.74, 6) is 0. The first kappa shape index (κ1) is 18.5. The van der Waals surface area contributed by atoms with Crippen LogP contribution in [-0.4, -0.2) is 20.2 Å². The predicted octanol–water partition coefficient (Wildman–Crippen LogP) is 4.72. The maximum Gasteiger partial charge on any atom is 0.266 e. The molecule has 0 aromatic heterocycles. The van der Waals surface area contributed by atoms with Gasteiger partial charge in [-0.3, -0.25) is 9.10 Å². The number of rotatable bonds is 5. The Hall–Kier alpha value is -0.790. The summed E-state index contributed by atoms with van der Waals surface area (Å²) in [6, 6.07) is 10.6. The fraction of sp³-hybridized carbons (Fsp3) is 0.0714. The molecule has 0 heterocycles. The van der Waals surface area contributed by atoms with Crippen LogP contribution < -0.4 is 4.31 Å². The predicted molar refractivity (Wildman–Crippen MR) is 96.0 cm³/mol. The zero-order valence-corrected chi connectivity index (χ0v) is 16.0. The van der Waals surface area contributed by atoms with Gasteiger partial charge >= 0.3 is 0 Å². The first-order valence-corrected chi connectivity index (χ1v) is 9.51. The Morgan fingerprint density at radius 2 is 1.78 bits per heavy atom. The average molecular weight is 458 g/mol. The molecule has 122 valence electrons. The van der Waals surface area contributed by atoms with Crippen LogP contribution in [0.4, 0.5) is 5.69 Å². The van der Waals surface area contributed by atoms with Crippen molar-refractivity contribution in [1.82, 2.24) is 0 Å². The Bertz CT molecular complexity index is 858. The Morgan fingerprint density at radius 3 is 2.39 bits per heavy atom. The van der Waals surface area contributed by atoms with E-state index < -0.39 is 21.8 Å². The number of anilines is 1. The van der Waals surface area contributed by atoms with E-state index in [0.29, 0.717) is 4.47 Å². The van der Waals surface area contributed by atoms with Gasteiger partial charge < -0.3 is 0 Å². The molecule has 2 aromatic rings. The molecule has 0 aliphatic carbocycles. The van der Waals surface area contributed by atoms with Crippen molar-refractivity contribution in [3.8, 4) is 0 Å². The molecule has 2 rings (SSSR count). The lowest BCUT2D eigenvalue weighted by Gasteiger charge is -2.24. The Kier molecular flexibility index (Phi) is 5.97. The van der Waals surface area contributed by atoms with Gasteiger partial charge in [-0.25, -0.2) is 8.42 Å². The minimum Gasteiger partial charge on any atom is -0.279 e. The molecule has 23 heavy (non-hydrogen) atoms. The molecule has 0 saturated carbocycles. The summed E-state index contributed by atoms with van der Waals surface area (Å²) >= 11 is 20.5. The van der Waals surface area contributed by atoms with Gasteiger partial charge in [0, 0.05) is 9.50 Å². The van der Waals surface area contributed by atoms with Crippen molar-refractivity contribution >= 4 is 71.7 Å². The largest absolute Gasteiger partial charge is 0.279 e. The van der Waals surface area contributed by atoms with Crippen molar-refractivity contribution in [3.05, 3.63) is 57.0 Å². The molecule has 0 N–H and O–H groups in total. The fourth-order valence-electron chi connectivity index (χ4n) is 1.86. The zero-order chi connectivity index (χ0) is 17.2. The highest BCUT2D eigenvalue weighted by molar-refractivity contribution is 9.10. The number of carbonyl (C=O) groups is 1. The second kappa shape index (κ2) is 7.40. The molecule has 4 nitrogen and oxygen atoms in total. The van der Waals surface area contributed by atoms with E-state index in [0.717, 1.165) is 4.31 Å². The van der Waals surface area contributed by atoms with Crippen LogP contribution in [0.3, 0.4) is 0 Å². The molecule has 0 atom stereocenters. The minimum absolute atomic E-state index is 0.00604. The van der Waals surface area contributed by atoms with Crippen molar-refractivity contribution in [1.29, 1.82) is 0 Å². The first-order valence-electron chi connectivity index (χ1n) is 6.14. The summed E-state index contributed by atoms with van der Waals surface area (Å²) in [6.45, 7) is -0.546. The maximum atomic E-state index is 12.9. The molecule has 0 fully saturated rings. The van der Waals surface area contributed by atoms with E-state index in [1.807, 2.05) is 0 Å². The van der Waals surface area contributed by atoms with Crippen molar-refractivity contribution < 1.29 is 13.2 Å². The van der Waals surface area contributed by atoms with Crippen LogP contribution in [0.15, 0.2) is 51.8 Å². The number of benzene rings is 2. The molecular formula is C14H9BrCl3NO3S. The highest BCUT2D eigenvalue weighted by Crippen LogP contribution is 2.34. The van der Waals surface area contributed by atoms with Crippen molar-refractivity contribution in [2.24, 2.45) is 0 Å². The monoisotopic (exact) mass is 455 g/mol. The van der Waals surface area contributed by atoms with E-state index >= 15 is 0 Å². The smallest absolute Gasteiger partial charge is 0.266 e. The lowest BCUT2D eigenvalue weighted by atomic mass is 10.3. The number of carbonyl (C=O) groups excluding carboxylic acids is 1. The van der Waals surface area contributed by atoms with Gasteiger partial charge in [-0.05, 0) is 57.9 Å². The summed E-state index contributed by atoms with van der Waals surface area (Å²) in [5, 5.41) is -0.631. The van der Waals surface area contributed by atoms with E-state index in [9.17, 15) is 13.2 Å². The number of para-hydroxylation sites is 1. The van der Waals surface area contributed by atoms with Crippen LogP contribution in [0.2, 0.25) is 10.0 Å². The van der Waals surface area contributed by atoms with Gasteiger partial charge in [-0.15, -0.1) is 0 Å². The zero-order valence-electron chi connectivity index (χ0n) is 11.3. The summed E-state index contributed by atoms with van der Waals surface area (Å²) < 4.78 is 27.3. The normalized spacial score (nSPS) is 11.3. The molecule has 0 bridgehead atoms. The van der Waals surface area contributed by atoms with E-state index in [1.54, 1.807) is 24.3 Å². The van der Waals surface area contributed by atoms with E-state index in [4.69, 9.17) is 34.8 Å². The van der Waals surface area contributed by atoms with Gasteiger partial charge in [0.05, 0.1) is 10.7 Å². The number of hydrogen-bond donors (Lipinski definition) is 0. The maximum absolute atomic E-state index is 12.9. The van der Waals surface area contributed by atoms with Crippen LogP contribution in [0.1, 0.15) is 0 Å². The highest BCUT2D eigenvalue weighted by Gasteiger charge is 2.30. The van der Waals surface area contributed by atoms with Crippen LogP contribution in [0.25, 0.3) is 0 Å². The second-order valence-electron chi connectivity index (χ2n) is 4.39. The topological polar surface area (TPSA) is 54.5 Å². The molecular weight excluding hydrogens is 448 g/mol. The Labute approximate surface area is 157 Å². The molecule has 2 aromatic carbocycles. The lowest BCUT2D eigenvalue weighted by molar-refractivity contribution is -0.110.